The van der Waals surface area contributed by atoms with Gasteiger partial charge in [-0.1, -0.05) is 48.0 Å². The van der Waals surface area contributed by atoms with Crippen molar-refractivity contribution >= 4 is 17.9 Å². The molecule has 0 saturated carbocycles. The van der Waals surface area contributed by atoms with E-state index in [1.807, 2.05) is 89.2 Å². The highest BCUT2D eigenvalue weighted by Gasteiger charge is 2.21. The fourth-order valence-electron chi connectivity index (χ4n) is 3.61. The van der Waals surface area contributed by atoms with E-state index >= 15 is 0 Å². The quantitative estimate of drug-likeness (QED) is 0.319. The molecule has 0 bridgehead atoms. The second kappa shape index (κ2) is 10.1. The molecule has 7 nitrogen and oxygen atoms in total. The lowest BCUT2D eigenvalue weighted by molar-refractivity contribution is 0.00695. The molecule has 1 heterocycles. The molecule has 4 rings (SSSR count). The maximum Gasteiger partial charge on any atom is 0.418 e. The van der Waals surface area contributed by atoms with Crippen LogP contribution in [0.15, 0.2) is 78.9 Å². The van der Waals surface area contributed by atoms with Crippen molar-refractivity contribution in [1.82, 2.24) is 9.78 Å². The Morgan fingerprint density at radius 2 is 1.50 bits per heavy atom. The Morgan fingerprint density at radius 1 is 0.861 bits per heavy atom. The summed E-state index contributed by atoms with van der Waals surface area (Å²) in [6.45, 7) is 9.34. The van der Waals surface area contributed by atoms with Crippen LogP contribution >= 0.6 is 0 Å². The van der Waals surface area contributed by atoms with E-state index in [0.717, 1.165) is 22.4 Å². The van der Waals surface area contributed by atoms with Gasteiger partial charge in [-0.15, -0.1) is 0 Å². The van der Waals surface area contributed by atoms with Crippen LogP contribution in [-0.2, 0) is 4.74 Å². The largest absolute Gasteiger partial charge is 0.456 e. The number of aryl methyl sites for hydroxylation is 1. The van der Waals surface area contributed by atoms with Crippen molar-refractivity contribution < 1.29 is 19.1 Å². The minimum Gasteiger partial charge on any atom is -0.456 e. The summed E-state index contributed by atoms with van der Waals surface area (Å²) in [7, 11) is 0. The average molecular weight is 484 g/mol. The first-order valence-corrected chi connectivity index (χ1v) is 11.6. The molecule has 7 heteroatoms. The summed E-state index contributed by atoms with van der Waals surface area (Å²) in [6, 6.07) is 23.8. The SMILES string of the molecule is Cc1ccc(OC(=O)Nc2c(C)c(-c3ccc(C(=O)OC(C)(C)C)cc3)nn2-c2ccccc2)cc1. The van der Waals surface area contributed by atoms with Crippen LogP contribution in [0.3, 0.4) is 0 Å². The Balaban J connectivity index is 1.65. The first-order chi connectivity index (χ1) is 17.1. The zero-order valence-corrected chi connectivity index (χ0v) is 21.0. The second-order valence-electron chi connectivity index (χ2n) is 9.48. The summed E-state index contributed by atoms with van der Waals surface area (Å²) in [5.41, 5.74) is 3.95. The summed E-state index contributed by atoms with van der Waals surface area (Å²) in [5, 5.41) is 7.64. The Morgan fingerprint density at radius 3 is 2.11 bits per heavy atom. The molecule has 0 radical (unpaired) electrons. The number of hydrogen-bond donors (Lipinski definition) is 1. The fourth-order valence-corrected chi connectivity index (χ4v) is 3.61. The molecule has 36 heavy (non-hydrogen) atoms. The van der Waals surface area contributed by atoms with Crippen molar-refractivity contribution in [2.24, 2.45) is 0 Å². The predicted molar refractivity (Wildman–Crippen MR) is 140 cm³/mol. The number of benzene rings is 3. The second-order valence-corrected chi connectivity index (χ2v) is 9.48. The van der Waals surface area contributed by atoms with Gasteiger partial charge in [-0.05, 0) is 71.0 Å². The average Bonchev–Trinajstić information content (AvgIpc) is 3.16. The molecule has 0 atom stereocenters. The molecule has 3 aromatic carbocycles. The van der Waals surface area contributed by atoms with Gasteiger partial charge in [0, 0.05) is 11.1 Å². The number of amides is 1. The number of esters is 1. The highest BCUT2D eigenvalue weighted by Crippen LogP contribution is 2.31. The summed E-state index contributed by atoms with van der Waals surface area (Å²) in [4.78, 5) is 25.2. The third-order valence-electron chi connectivity index (χ3n) is 5.37. The molecule has 1 amide bonds. The molecule has 1 aromatic heterocycles. The molecule has 0 aliphatic heterocycles. The van der Waals surface area contributed by atoms with Gasteiger partial charge in [0.1, 0.15) is 17.2 Å². The lowest BCUT2D eigenvalue weighted by atomic mass is 10.1. The summed E-state index contributed by atoms with van der Waals surface area (Å²) >= 11 is 0. The minimum atomic E-state index is -0.620. The predicted octanol–water partition coefficient (Wildman–Crippen LogP) is 6.72. The summed E-state index contributed by atoms with van der Waals surface area (Å²) in [6.07, 6.45) is -0.620. The van der Waals surface area contributed by atoms with Crippen molar-refractivity contribution in [2.45, 2.75) is 40.2 Å². The molecule has 0 saturated heterocycles. The highest BCUT2D eigenvalue weighted by atomic mass is 16.6. The van der Waals surface area contributed by atoms with E-state index in [-0.39, 0.29) is 5.97 Å². The van der Waals surface area contributed by atoms with Gasteiger partial charge < -0.3 is 9.47 Å². The summed E-state index contributed by atoms with van der Waals surface area (Å²) < 4.78 is 12.6. The van der Waals surface area contributed by atoms with E-state index in [2.05, 4.69) is 5.32 Å². The maximum absolute atomic E-state index is 12.8. The number of rotatable bonds is 5. The topological polar surface area (TPSA) is 82.4 Å². The zero-order chi connectivity index (χ0) is 25.9. The molecule has 0 aliphatic carbocycles. The molecule has 4 aromatic rings. The standard InChI is InChI=1S/C29H29N3O4/c1-19-11-17-24(18-12-19)35-28(34)30-26-20(2)25(31-32(26)23-9-7-6-8-10-23)21-13-15-22(16-14-21)27(33)36-29(3,4)5/h6-18H,1-5H3,(H,30,34). The Kier molecular flexibility index (Phi) is 6.92. The number of hydrogen-bond acceptors (Lipinski definition) is 5. The maximum atomic E-state index is 12.8. The molecule has 0 spiro atoms. The van der Waals surface area contributed by atoms with Crippen LogP contribution < -0.4 is 10.1 Å². The number of ether oxygens (including phenoxy) is 2. The van der Waals surface area contributed by atoms with Gasteiger partial charge in [0.15, 0.2) is 0 Å². The van der Waals surface area contributed by atoms with Crippen molar-refractivity contribution in [3.05, 3.63) is 95.6 Å². The van der Waals surface area contributed by atoms with Crippen molar-refractivity contribution in [3.8, 4) is 22.7 Å². The molecule has 0 unspecified atom stereocenters. The van der Waals surface area contributed by atoms with Crippen molar-refractivity contribution in [1.29, 1.82) is 0 Å². The summed E-state index contributed by atoms with van der Waals surface area (Å²) in [5.74, 6) is 0.547. The van der Waals surface area contributed by atoms with Gasteiger partial charge in [0.05, 0.1) is 16.9 Å². The molecule has 1 N–H and O–H groups in total. The van der Waals surface area contributed by atoms with Crippen LogP contribution in [0.1, 0.15) is 42.3 Å². The van der Waals surface area contributed by atoms with Gasteiger partial charge in [-0.25, -0.2) is 14.3 Å². The number of anilines is 1. The lowest BCUT2D eigenvalue weighted by Crippen LogP contribution is -2.23. The molecule has 0 fully saturated rings. The van der Waals surface area contributed by atoms with Crippen molar-refractivity contribution in [3.63, 3.8) is 0 Å². The number of para-hydroxylation sites is 1. The normalized spacial score (nSPS) is 11.1. The van der Waals surface area contributed by atoms with Gasteiger partial charge >= 0.3 is 12.1 Å². The van der Waals surface area contributed by atoms with E-state index in [1.54, 1.807) is 28.9 Å². The Labute approximate surface area is 210 Å². The van der Waals surface area contributed by atoms with E-state index in [9.17, 15) is 9.59 Å². The first kappa shape index (κ1) is 24.7. The van der Waals surface area contributed by atoms with Crippen LogP contribution in [0.5, 0.6) is 5.75 Å². The van der Waals surface area contributed by atoms with Crippen LogP contribution in [-0.4, -0.2) is 27.4 Å². The minimum absolute atomic E-state index is 0.387. The fraction of sp³-hybridized carbons (Fsp3) is 0.207. The Hall–Kier alpha value is -4.39. The number of carbonyl (C=O) groups is 2. The molecular weight excluding hydrogens is 454 g/mol. The van der Waals surface area contributed by atoms with E-state index in [4.69, 9.17) is 14.6 Å². The third-order valence-corrected chi connectivity index (χ3v) is 5.37. The zero-order valence-electron chi connectivity index (χ0n) is 21.0. The number of nitrogens with zero attached hydrogens (tertiary/aromatic N) is 2. The molecule has 0 aliphatic rings. The van der Waals surface area contributed by atoms with E-state index in [1.165, 1.54) is 0 Å². The lowest BCUT2D eigenvalue weighted by Gasteiger charge is -2.19. The van der Waals surface area contributed by atoms with Crippen LogP contribution in [0.25, 0.3) is 16.9 Å². The van der Waals surface area contributed by atoms with E-state index < -0.39 is 11.7 Å². The van der Waals surface area contributed by atoms with Crippen molar-refractivity contribution in [2.75, 3.05) is 5.32 Å². The van der Waals surface area contributed by atoms with Gasteiger partial charge in [0.2, 0.25) is 0 Å². The van der Waals surface area contributed by atoms with Crippen LogP contribution in [0, 0.1) is 13.8 Å². The highest BCUT2D eigenvalue weighted by molar-refractivity contribution is 5.91. The first-order valence-electron chi connectivity index (χ1n) is 11.6. The van der Waals surface area contributed by atoms with E-state index in [0.29, 0.717) is 22.8 Å². The van der Waals surface area contributed by atoms with Gasteiger partial charge in [-0.2, -0.15) is 5.10 Å². The van der Waals surface area contributed by atoms with Crippen LogP contribution in [0.4, 0.5) is 10.6 Å². The third kappa shape index (κ3) is 5.81. The number of carbonyl (C=O) groups excluding carboxylic acids is 2. The van der Waals surface area contributed by atoms with Gasteiger partial charge in [-0.3, -0.25) is 5.32 Å². The Bertz CT molecular complexity index is 1370. The number of nitrogens with one attached hydrogen (secondary N) is 1. The van der Waals surface area contributed by atoms with Crippen LogP contribution in [0.2, 0.25) is 0 Å². The number of aromatic nitrogens is 2. The monoisotopic (exact) mass is 483 g/mol. The smallest absolute Gasteiger partial charge is 0.418 e. The molecular formula is C29H29N3O4. The molecule has 184 valence electrons. The van der Waals surface area contributed by atoms with Gasteiger partial charge in [0.25, 0.3) is 0 Å².